The second-order valence-corrected chi connectivity index (χ2v) is 4.61. The summed E-state index contributed by atoms with van der Waals surface area (Å²) in [5.74, 6) is -0.0226. The maximum absolute atomic E-state index is 11.5. The van der Waals surface area contributed by atoms with E-state index >= 15 is 0 Å². The predicted octanol–water partition coefficient (Wildman–Crippen LogP) is 0.960. The van der Waals surface area contributed by atoms with Crippen molar-refractivity contribution in [2.75, 3.05) is 20.1 Å². The van der Waals surface area contributed by atoms with Gasteiger partial charge in [0.1, 0.15) is 0 Å². The predicted molar refractivity (Wildman–Crippen MR) is 68.3 cm³/mol. The van der Waals surface area contributed by atoms with Crippen LogP contribution in [0.4, 0.5) is 0 Å². The normalized spacial score (nSPS) is 13.2. The average molecular weight is 229 g/mol. The number of hydrogen-bond donors (Lipinski definition) is 2. The van der Waals surface area contributed by atoms with E-state index in [0.717, 1.165) is 25.8 Å². The quantitative estimate of drug-likeness (QED) is 0.652. The molecule has 0 unspecified atom stereocenters. The minimum atomic E-state index is -0.343. The highest BCUT2D eigenvalue weighted by Gasteiger charge is 2.12. The highest BCUT2D eigenvalue weighted by atomic mass is 16.2. The molecule has 0 heterocycles. The number of carbonyl (C=O) groups is 1. The fourth-order valence-electron chi connectivity index (χ4n) is 1.30. The Morgan fingerprint density at radius 3 is 2.56 bits per heavy atom. The minimum Gasteiger partial charge on any atom is -0.353 e. The van der Waals surface area contributed by atoms with Gasteiger partial charge in [-0.3, -0.25) is 4.79 Å². The van der Waals surface area contributed by atoms with Crippen molar-refractivity contribution in [1.82, 2.24) is 10.2 Å². The lowest BCUT2D eigenvalue weighted by atomic mass is 10.1. The molecule has 0 fully saturated rings. The molecule has 0 aromatic heterocycles. The highest BCUT2D eigenvalue weighted by molar-refractivity contribution is 5.81. The van der Waals surface area contributed by atoms with Crippen LogP contribution in [-0.4, -0.2) is 43.0 Å². The van der Waals surface area contributed by atoms with Crippen molar-refractivity contribution in [2.24, 2.45) is 5.73 Å². The lowest BCUT2D eigenvalue weighted by Gasteiger charge is -2.21. The van der Waals surface area contributed by atoms with Gasteiger partial charge in [0, 0.05) is 19.1 Å². The van der Waals surface area contributed by atoms with Crippen LogP contribution in [-0.2, 0) is 4.79 Å². The van der Waals surface area contributed by atoms with Crippen LogP contribution >= 0.6 is 0 Å². The number of hydrogen-bond acceptors (Lipinski definition) is 3. The second kappa shape index (κ2) is 8.53. The van der Waals surface area contributed by atoms with Crippen LogP contribution in [0.2, 0.25) is 0 Å². The zero-order valence-corrected chi connectivity index (χ0v) is 11.1. The highest BCUT2D eigenvalue weighted by Crippen LogP contribution is 1.98. The summed E-state index contributed by atoms with van der Waals surface area (Å²) in [6.45, 7) is 7.91. The van der Waals surface area contributed by atoms with Gasteiger partial charge in [0.15, 0.2) is 0 Å². The molecule has 0 spiro atoms. The molecule has 3 N–H and O–H groups in total. The van der Waals surface area contributed by atoms with Gasteiger partial charge in [0.2, 0.25) is 5.91 Å². The van der Waals surface area contributed by atoms with Gasteiger partial charge >= 0.3 is 0 Å². The van der Waals surface area contributed by atoms with E-state index in [9.17, 15) is 4.79 Å². The molecule has 16 heavy (non-hydrogen) atoms. The Morgan fingerprint density at radius 1 is 1.44 bits per heavy atom. The summed E-state index contributed by atoms with van der Waals surface area (Å²) in [6.07, 6.45) is 2.87. The average Bonchev–Trinajstić information content (AvgIpc) is 2.25. The van der Waals surface area contributed by atoms with Crippen molar-refractivity contribution in [2.45, 2.75) is 52.1 Å². The summed E-state index contributed by atoms with van der Waals surface area (Å²) < 4.78 is 0. The zero-order chi connectivity index (χ0) is 12.6. The molecular formula is C12H27N3O. The number of rotatable bonds is 8. The number of nitrogens with one attached hydrogen (secondary N) is 1. The van der Waals surface area contributed by atoms with Crippen molar-refractivity contribution in [3.63, 3.8) is 0 Å². The van der Waals surface area contributed by atoms with E-state index in [2.05, 4.69) is 31.0 Å². The topological polar surface area (TPSA) is 58.4 Å². The summed E-state index contributed by atoms with van der Waals surface area (Å²) in [6, 6.07) is 0.162. The first-order valence-corrected chi connectivity index (χ1v) is 6.22. The van der Waals surface area contributed by atoms with Crippen molar-refractivity contribution in [3.05, 3.63) is 0 Å². The fraction of sp³-hybridized carbons (Fsp3) is 0.917. The van der Waals surface area contributed by atoms with Crippen molar-refractivity contribution in [1.29, 1.82) is 0 Å². The molecular weight excluding hydrogens is 202 g/mol. The first-order chi connectivity index (χ1) is 7.49. The Kier molecular flexibility index (Phi) is 8.21. The Hall–Kier alpha value is -0.610. The van der Waals surface area contributed by atoms with Crippen LogP contribution in [0.3, 0.4) is 0 Å². The monoisotopic (exact) mass is 229 g/mol. The molecule has 0 saturated carbocycles. The molecule has 0 aliphatic carbocycles. The van der Waals surface area contributed by atoms with E-state index in [1.54, 1.807) is 0 Å². The van der Waals surface area contributed by atoms with Crippen LogP contribution in [0.5, 0.6) is 0 Å². The molecule has 0 aliphatic heterocycles. The minimum absolute atomic E-state index is 0.0226. The largest absolute Gasteiger partial charge is 0.353 e. The van der Waals surface area contributed by atoms with Crippen molar-refractivity contribution >= 4 is 5.91 Å². The molecule has 0 rings (SSSR count). The van der Waals surface area contributed by atoms with E-state index in [-0.39, 0.29) is 11.9 Å². The summed E-state index contributed by atoms with van der Waals surface area (Å²) in [5, 5.41) is 2.87. The number of nitrogens with zero attached hydrogens (tertiary/aromatic N) is 1. The third kappa shape index (κ3) is 6.80. The Labute approximate surface area is 99.6 Å². The van der Waals surface area contributed by atoms with Gasteiger partial charge < -0.3 is 16.0 Å². The second-order valence-electron chi connectivity index (χ2n) is 4.61. The molecule has 0 aromatic rings. The fourth-order valence-corrected chi connectivity index (χ4v) is 1.30. The SMILES string of the molecule is CCCC[C@H](N)C(=O)NCCN(C)C(C)C. The van der Waals surface area contributed by atoms with E-state index in [0.29, 0.717) is 12.6 Å². The number of carbonyl (C=O) groups excluding carboxylic acids is 1. The first kappa shape index (κ1) is 15.4. The molecule has 96 valence electrons. The van der Waals surface area contributed by atoms with Crippen molar-refractivity contribution < 1.29 is 4.79 Å². The van der Waals surface area contributed by atoms with Crippen LogP contribution in [0, 0.1) is 0 Å². The Bertz CT molecular complexity index is 195. The van der Waals surface area contributed by atoms with Gasteiger partial charge in [-0.05, 0) is 27.3 Å². The summed E-state index contributed by atoms with van der Waals surface area (Å²) in [5.41, 5.74) is 5.75. The van der Waals surface area contributed by atoms with E-state index in [1.807, 2.05) is 7.05 Å². The molecule has 1 amide bonds. The third-order valence-electron chi connectivity index (χ3n) is 2.85. The standard InChI is InChI=1S/C12H27N3O/c1-5-6-7-11(13)12(16)14-8-9-15(4)10(2)3/h10-11H,5-9,13H2,1-4H3,(H,14,16)/t11-/m0/s1. The maximum atomic E-state index is 11.5. The molecule has 4 heteroatoms. The lowest BCUT2D eigenvalue weighted by molar-refractivity contribution is -0.122. The molecule has 0 aliphatic rings. The van der Waals surface area contributed by atoms with Gasteiger partial charge in [-0.15, -0.1) is 0 Å². The van der Waals surface area contributed by atoms with E-state index < -0.39 is 0 Å². The smallest absolute Gasteiger partial charge is 0.236 e. The number of nitrogens with two attached hydrogens (primary N) is 1. The van der Waals surface area contributed by atoms with E-state index in [4.69, 9.17) is 5.73 Å². The van der Waals surface area contributed by atoms with Gasteiger partial charge in [-0.1, -0.05) is 19.8 Å². The number of likely N-dealkylation sites (N-methyl/N-ethyl adjacent to an activating group) is 1. The number of unbranched alkanes of at least 4 members (excludes halogenated alkanes) is 1. The van der Waals surface area contributed by atoms with Crippen LogP contribution < -0.4 is 11.1 Å². The molecule has 0 saturated heterocycles. The number of amides is 1. The molecule has 0 aromatic carbocycles. The van der Waals surface area contributed by atoms with Crippen LogP contribution in [0.15, 0.2) is 0 Å². The molecule has 0 bridgehead atoms. The van der Waals surface area contributed by atoms with Gasteiger partial charge in [-0.2, -0.15) is 0 Å². The zero-order valence-electron chi connectivity index (χ0n) is 11.1. The lowest BCUT2D eigenvalue weighted by Crippen LogP contribution is -2.43. The van der Waals surface area contributed by atoms with Gasteiger partial charge in [0.25, 0.3) is 0 Å². The summed E-state index contributed by atoms with van der Waals surface area (Å²) in [7, 11) is 2.05. The molecule has 0 radical (unpaired) electrons. The summed E-state index contributed by atoms with van der Waals surface area (Å²) in [4.78, 5) is 13.7. The van der Waals surface area contributed by atoms with E-state index in [1.165, 1.54) is 0 Å². The first-order valence-electron chi connectivity index (χ1n) is 6.22. The Balaban J connectivity index is 3.64. The maximum Gasteiger partial charge on any atom is 0.236 e. The Morgan fingerprint density at radius 2 is 2.06 bits per heavy atom. The van der Waals surface area contributed by atoms with Gasteiger partial charge in [0.05, 0.1) is 6.04 Å². The molecule has 1 atom stereocenters. The van der Waals surface area contributed by atoms with Crippen LogP contribution in [0.1, 0.15) is 40.0 Å². The summed E-state index contributed by atoms with van der Waals surface area (Å²) >= 11 is 0. The van der Waals surface area contributed by atoms with Crippen molar-refractivity contribution in [3.8, 4) is 0 Å². The van der Waals surface area contributed by atoms with Crippen LogP contribution in [0.25, 0.3) is 0 Å². The molecule has 4 nitrogen and oxygen atoms in total. The third-order valence-corrected chi connectivity index (χ3v) is 2.85. The van der Waals surface area contributed by atoms with Gasteiger partial charge in [-0.25, -0.2) is 0 Å².